The van der Waals surface area contributed by atoms with Crippen molar-refractivity contribution in [3.05, 3.63) is 18.4 Å². The molecule has 2 rings (SSSR count). The van der Waals surface area contributed by atoms with Crippen LogP contribution in [0.4, 0.5) is 0 Å². The molecule has 1 aliphatic rings. The highest BCUT2D eigenvalue weighted by Gasteiger charge is 2.22. The first-order valence-electron chi connectivity index (χ1n) is 4.12. The van der Waals surface area contributed by atoms with E-state index >= 15 is 0 Å². The van der Waals surface area contributed by atoms with Crippen LogP contribution >= 0.6 is 0 Å². The maximum atomic E-state index is 5.68. The Morgan fingerprint density at radius 1 is 1.50 bits per heavy atom. The number of rotatable bonds is 1. The minimum Gasteiger partial charge on any atom is -0.446 e. The lowest BCUT2D eigenvalue weighted by atomic mass is 10.0. The maximum absolute atomic E-state index is 5.68. The fourth-order valence-corrected chi connectivity index (χ4v) is 1.38. The van der Waals surface area contributed by atoms with Crippen molar-refractivity contribution in [1.82, 2.24) is 4.98 Å². The van der Waals surface area contributed by atoms with E-state index in [1.807, 2.05) is 0 Å². The molecule has 0 saturated carbocycles. The molecular weight excluding hydrogens is 156 g/mol. The highest BCUT2D eigenvalue weighted by atomic mass is 16.5. The molecule has 0 aromatic carbocycles. The third-order valence-corrected chi connectivity index (χ3v) is 2.08. The fraction of sp³-hybridized carbons (Fsp3) is 0.625. The van der Waals surface area contributed by atoms with E-state index in [9.17, 15) is 0 Å². The van der Waals surface area contributed by atoms with Crippen LogP contribution in [0, 0.1) is 0 Å². The van der Waals surface area contributed by atoms with E-state index in [0.717, 1.165) is 18.6 Å². The number of hydrogen-bond acceptors (Lipinski definition) is 4. The summed E-state index contributed by atoms with van der Waals surface area (Å²) in [6.45, 7) is 0.616. The van der Waals surface area contributed by atoms with Gasteiger partial charge in [-0.1, -0.05) is 0 Å². The van der Waals surface area contributed by atoms with Crippen LogP contribution in [-0.4, -0.2) is 17.6 Å². The molecule has 0 spiro atoms. The van der Waals surface area contributed by atoms with Gasteiger partial charge in [-0.2, -0.15) is 0 Å². The number of hydrogen-bond donors (Lipinski definition) is 1. The predicted octanol–water partition coefficient (Wildman–Crippen LogP) is 0.853. The van der Waals surface area contributed by atoms with Gasteiger partial charge in [0.15, 0.2) is 12.2 Å². The van der Waals surface area contributed by atoms with E-state index in [4.69, 9.17) is 14.9 Å². The molecule has 4 nitrogen and oxygen atoms in total. The normalized spacial score (nSPS) is 30.4. The predicted molar refractivity (Wildman–Crippen MR) is 42.4 cm³/mol. The zero-order valence-corrected chi connectivity index (χ0v) is 6.77. The van der Waals surface area contributed by atoms with Gasteiger partial charge in [0.25, 0.3) is 0 Å². The Bertz CT molecular complexity index is 227. The summed E-state index contributed by atoms with van der Waals surface area (Å²) in [4.78, 5) is 3.84. The zero-order valence-electron chi connectivity index (χ0n) is 6.77. The van der Waals surface area contributed by atoms with Gasteiger partial charge in [0.05, 0.1) is 12.8 Å². The van der Waals surface area contributed by atoms with E-state index in [0.29, 0.717) is 6.61 Å². The first-order valence-corrected chi connectivity index (χ1v) is 4.12. The van der Waals surface area contributed by atoms with Gasteiger partial charge in [-0.05, 0) is 12.8 Å². The fourth-order valence-electron chi connectivity index (χ4n) is 1.38. The first-order chi connectivity index (χ1) is 5.86. The number of aromatic nitrogens is 1. The summed E-state index contributed by atoms with van der Waals surface area (Å²) in [5, 5.41) is 0. The third-order valence-electron chi connectivity index (χ3n) is 2.08. The molecule has 2 heterocycles. The Labute approximate surface area is 70.7 Å². The van der Waals surface area contributed by atoms with Gasteiger partial charge < -0.3 is 14.9 Å². The Morgan fingerprint density at radius 2 is 2.42 bits per heavy atom. The van der Waals surface area contributed by atoms with Crippen LogP contribution in [0.1, 0.15) is 24.7 Å². The lowest BCUT2D eigenvalue weighted by Gasteiger charge is -2.24. The molecule has 1 saturated heterocycles. The summed E-state index contributed by atoms with van der Waals surface area (Å²) in [5.41, 5.74) is 5.68. The molecule has 0 bridgehead atoms. The molecule has 1 fully saturated rings. The molecule has 1 aliphatic heterocycles. The number of nitrogens with two attached hydrogens (primary N) is 1. The van der Waals surface area contributed by atoms with E-state index < -0.39 is 0 Å². The Morgan fingerprint density at radius 3 is 3.00 bits per heavy atom. The number of nitrogens with zero attached hydrogens (tertiary/aromatic N) is 1. The second-order valence-corrected chi connectivity index (χ2v) is 3.06. The monoisotopic (exact) mass is 168 g/mol. The second-order valence-electron chi connectivity index (χ2n) is 3.06. The van der Waals surface area contributed by atoms with Crippen molar-refractivity contribution < 1.29 is 9.15 Å². The number of oxazole rings is 1. The van der Waals surface area contributed by atoms with Crippen molar-refractivity contribution in [3.63, 3.8) is 0 Å². The van der Waals surface area contributed by atoms with Crippen LogP contribution < -0.4 is 5.73 Å². The Kier molecular flexibility index (Phi) is 2.10. The molecular formula is C8H12N2O2. The quantitative estimate of drug-likeness (QED) is 0.675. The van der Waals surface area contributed by atoms with Crippen LogP contribution in [0.25, 0.3) is 0 Å². The van der Waals surface area contributed by atoms with Crippen LogP contribution in [0.3, 0.4) is 0 Å². The van der Waals surface area contributed by atoms with E-state index in [-0.39, 0.29) is 12.1 Å². The van der Waals surface area contributed by atoms with Crippen molar-refractivity contribution >= 4 is 0 Å². The SMILES string of the molecule is N[C@@H]1CC[C@@H](c2cnco2)OC1. The van der Waals surface area contributed by atoms with E-state index in [1.165, 1.54) is 6.39 Å². The largest absolute Gasteiger partial charge is 0.446 e. The maximum Gasteiger partial charge on any atom is 0.180 e. The van der Waals surface area contributed by atoms with Gasteiger partial charge in [-0.15, -0.1) is 0 Å². The van der Waals surface area contributed by atoms with Gasteiger partial charge in [0, 0.05) is 6.04 Å². The lowest BCUT2D eigenvalue weighted by Crippen LogP contribution is -2.32. The summed E-state index contributed by atoms with van der Waals surface area (Å²) in [6.07, 6.45) is 5.10. The summed E-state index contributed by atoms with van der Waals surface area (Å²) >= 11 is 0. The Balaban J connectivity index is 1.99. The molecule has 66 valence electrons. The summed E-state index contributed by atoms with van der Waals surface area (Å²) in [6, 6.07) is 0.184. The van der Waals surface area contributed by atoms with Crippen molar-refractivity contribution in [2.45, 2.75) is 25.0 Å². The van der Waals surface area contributed by atoms with Crippen molar-refractivity contribution in [3.8, 4) is 0 Å². The van der Waals surface area contributed by atoms with Gasteiger partial charge in [-0.25, -0.2) is 4.98 Å². The minimum absolute atomic E-state index is 0.0623. The second kappa shape index (κ2) is 3.25. The molecule has 0 aliphatic carbocycles. The highest BCUT2D eigenvalue weighted by Crippen LogP contribution is 2.26. The van der Waals surface area contributed by atoms with Crippen LogP contribution in [0.5, 0.6) is 0 Å². The molecule has 0 amide bonds. The van der Waals surface area contributed by atoms with Crippen LogP contribution in [-0.2, 0) is 4.74 Å². The molecule has 2 N–H and O–H groups in total. The van der Waals surface area contributed by atoms with Crippen molar-refractivity contribution in [1.29, 1.82) is 0 Å². The van der Waals surface area contributed by atoms with E-state index in [2.05, 4.69) is 4.98 Å². The lowest BCUT2D eigenvalue weighted by molar-refractivity contribution is -0.00813. The van der Waals surface area contributed by atoms with Crippen molar-refractivity contribution in [2.75, 3.05) is 6.61 Å². The summed E-state index contributed by atoms with van der Waals surface area (Å²) in [7, 11) is 0. The average molecular weight is 168 g/mol. The molecule has 4 heteroatoms. The Hall–Kier alpha value is -0.870. The molecule has 1 aromatic rings. The van der Waals surface area contributed by atoms with Crippen LogP contribution in [0.2, 0.25) is 0 Å². The van der Waals surface area contributed by atoms with Gasteiger partial charge in [0.2, 0.25) is 0 Å². The van der Waals surface area contributed by atoms with Gasteiger partial charge >= 0.3 is 0 Å². The molecule has 1 aromatic heterocycles. The van der Waals surface area contributed by atoms with Gasteiger partial charge in [0.1, 0.15) is 6.10 Å². The average Bonchev–Trinajstić information content (AvgIpc) is 2.58. The molecule has 0 radical (unpaired) electrons. The van der Waals surface area contributed by atoms with Crippen LogP contribution in [0.15, 0.2) is 17.0 Å². The molecule has 0 unspecified atom stereocenters. The van der Waals surface area contributed by atoms with Gasteiger partial charge in [-0.3, -0.25) is 0 Å². The molecule has 2 atom stereocenters. The highest BCUT2D eigenvalue weighted by molar-refractivity contribution is 4.96. The topological polar surface area (TPSA) is 61.3 Å². The zero-order chi connectivity index (χ0) is 8.39. The third kappa shape index (κ3) is 1.49. The minimum atomic E-state index is 0.0623. The summed E-state index contributed by atoms with van der Waals surface area (Å²) in [5.74, 6) is 0.807. The van der Waals surface area contributed by atoms with Crippen molar-refractivity contribution in [2.24, 2.45) is 5.73 Å². The first kappa shape index (κ1) is 7.76. The molecule has 12 heavy (non-hydrogen) atoms. The smallest absolute Gasteiger partial charge is 0.180 e. The number of ether oxygens (including phenoxy) is 1. The summed E-state index contributed by atoms with van der Waals surface area (Å²) < 4.78 is 10.6. The standard InChI is InChI=1S/C8H12N2O2/c9-6-1-2-7(11-4-6)8-3-10-5-12-8/h3,5-7H,1-2,4,9H2/t6-,7+/m1/s1. The van der Waals surface area contributed by atoms with E-state index in [1.54, 1.807) is 6.20 Å².